The van der Waals surface area contributed by atoms with Gasteiger partial charge in [-0.3, -0.25) is 9.59 Å². The van der Waals surface area contributed by atoms with E-state index < -0.39 is 0 Å². The van der Waals surface area contributed by atoms with Crippen molar-refractivity contribution in [3.63, 3.8) is 0 Å². The molecule has 7 nitrogen and oxygen atoms in total. The molecule has 0 fully saturated rings. The fraction of sp³-hybridized carbons (Fsp3) is 0.304. The highest BCUT2D eigenvalue weighted by Gasteiger charge is 2.24. The highest BCUT2D eigenvalue weighted by Crippen LogP contribution is 2.30. The SMILES string of the molecule is O=C(CN1C(=O)CC[C]c2cc(Cl)ccc21)NCCCCNc1nc2ccccc2[nH]1. The molecule has 0 atom stereocenters. The van der Waals surface area contributed by atoms with Crippen LogP contribution in [0.2, 0.25) is 5.02 Å². The molecule has 2 amide bonds. The van der Waals surface area contributed by atoms with E-state index in [9.17, 15) is 9.59 Å². The maximum atomic E-state index is 12.5. The van der Waals surface area contributed by atoms with Crippen molar-refractivity contribution in [2.24, 2.45) is 0 Å². The third-order valence-electron chi connectivity index (χ3n) is 5.11. The van der Waals surface area contributed by atoms with Crippen molar-refractivity contribution in [3.05, 3.63) is 59.5 Å². The summed E-state index contributed by atoms with van der Waals surface area (Å²) in [5, 5.41) is 6.75. The van der Waals surface area contributed by atoms with E-state index in [4.69, 9.17) is 11.6 Å². The Labute approximate surface area is 186 Å². The van der Waals surface area contributed by atoms with Gasteiger partial charge >= 0.3 is 0 Å². The molecule has 0 saturated heterocycles. The zero-order valence-electron chi connectivity index (χ0n) is 17.1. The molecule has 1 aromatic heterocycles. The molecule has 0 bridgehead atoms. The van der Waals surface area contributed by atoms with Gasteiger partial charge in [-0.25, -0.2) is 4.98 Å². The summed E-state index contributed by atoms with van der Waals surface area (Å²) in [6, 6.07) is 13.1. The summed E-state index contributed by atoms with van der Waals surface area (Å²) in [6.07, 6.45) is 5.74. The Bertz CT molecular complexity index is 1050. The normalized spacial score (nSPS) is 13.7. The molecule has 4 rings (SSSR count). The van der Waals surface area contributed by atoms with Gasteiger partial charge in [-0.2, -0.15) is 0 Å². The highest BCUT2D eigenvalue weighted by molar-refractivity contribution is 6.30. The summed E-state index contributed by atoms with van der Waals surface area (Å²) in [4.78, 5) is 34.1. The molecule has 0 spiro atoms. The minimum atomic E-state index is -0.179. The topological polar surface area (TPSA) is 90.1 Å². The van der Waals surface area contributed by atoms with E-state index in [1.165, 1.54) is 4.90 Å². The summed E-state index contributed by atoms with van der Waals surface area (Å²) in [5.74, 6) is 0.484. The number of aromatic amines is 1. The van der Waals surface area contributed by atoms with Crippen LogP contribution in [0.15, 0.2) is 42.5 Å². The second-order valence-electron chi connectivity index (χ2n) is 7.40. The lowest BCUT2D eigenvalue weighted by atomic mass is 10.1. The van der Waals surface area contributed by atoms with Gasteiger partial charge in [0.15, 0.2) is 0 Å². The monoisotopic (exact) mass is 437 g/mol. The summed E-state index contributed by atoms with van der Waals surface area (Å²) in [5.41, 5.74) is 3.37. The first-order valence-corrected chi connectivity index (χ1v) is 10.8. The zero-order chi connectivity index (χ0) is 21.6. The number of hydrogen-bond acceptors (Lipinski definition) is 4. The van der Waals surface area contributed by atoms with Crippen LogP contribution in [0.5, 0.6) is 0 Å². The van der Waals surface area contributed by atoms with Crippen molar-refractivity contribution >= 4 is 46.1 Å². The smallest absolute Gasteiger partial charge is 0.240 e. The molecule has 8 heteroatoms. The van der Waals surface area contributed by atoms with Crippen LogP contribution in [0, 0.1) is 6.42 Å². The van der Waals surface area contributed by atoms with Gasteiger partial charge in [-0.1, -0.05) is 23.7 Å². The van der Waals surface area contributed by atoms with Crippen molar-refractivity contribution in [2.45, 2.75) is 25.7 Å². The van der Waals surface area contributed by atoms with E-state index in [-0.39, 0.29) is 18.4 Å². The van der Waals surface area contributed by atoms with Gasteiger partial charge in [0.2, 0.25) is 17.8 Å². The van der Waals surface area contributed by atoms with Crippen molar-refractivity contribution in [3.8, 4) is 0 Å². The number of aromatic nitrogens is 2. The van der Waals surface area contributed by atoms with E-state index in [1.54, 1.807) is 18.2 Å². The Hall–Kier alpha value is -3.06. The van der Waals surface area contributed by atoms with Crippen LogP contribution in [0.1, 0.15) is 31.2 Å². The predicted octanol–water partition coefficient (Wildman–Crippen LogP) is 3.78. The molecule has 0 saturated carbocycles. The molecule has 2 radical (unpaired) electrons. The highest BCUT2D eigenvalue weighted by atomic mass is 35.5. The van der Waals surface area contributed by atoms with Crippen molar-refractivity contribution in [1.82, 2.24) is 15.3 Å². The third-order valence-corrected chi connectivity index (χ3v) is 5.35. The van der Waals surface area contributed by atoms with Gasteiger partial charge in [0.25, 0.3) is 0 Å². The second-order valence-corrected chi connectivity index (χ2v) is 7.84. The van der Waals surface area contributed by atoms with E-state index in [0.29, 0.717) is 30.1 Å². The van der Waals surface area contributed by atoms with Crippen molar-refractivity contribution < 1.29 is 9.59 Å². The van der Waals surface area contributed by atoms with Crippen LogP contribution in [0.25, 0.3) is 11.0 Å². The number of anilines is 2. The van der Waals surface area contributed by atoms with Crippen LogP contribution >= 0.6 is 11.6 Å². The Morgan fingerprint density at radius 3 is 2.90 bits per heavy atom. The fourth-order valence-corrected chi connectivity index (χ4v) is 3.72. The molecule has 1 aliphatic heterocycles. The van der Waals surface area contributed by atoms with Crippen molar-refractivity contribution in [1.29, 1.82) is 0 Å². The lowest BCUT2D eigenvalue weighted by Crippen LogP contribution is -2.41. The van der Waals surface area contributed by atoms with E-state index in [0.717, 1.165) is 41.9 Å². The number of fused-ring (bicyclic) bond motifs is 2. The molecule has 2 aromatic carbocycles. The van der Waals surface area contributed by atoms with Gasteiger partial charge in [0.1, 0.15) is 6.54 Å². The number of amides is 2. The number of nitrogens with one attached hydrogen (secondary N) is 3. The number of rotatable bonds is 8. The molecule has 2 heterocycles. The summed E-state index contributed by atoms with van der Waals surface area (Å²) in [6.45, 7) is 1.29. The third kappa shape index (κ3) is 5.35. The maximum Gasteiger partial charge on any atom is 0.240 e. The van der Waals surface area contributed by atoms with E-state index >= 15 is 0 Å². The second kappa shape index (κ2) is 9.83. The largest absolute Gasteiger partial charge is 0.356 e. The maximum absolute atomic E-state index is 12.5. The lowest BCUT2D eigenvalue weighted by Gasteiger charge is -2.22. The quantitative estimate of drug-likeness (QED) is 0.468. The standard InChI is InChI=1S/C23H24ClN5O2/c24-17-10-11-20-16(14-17)6-5-9-22(31)29(20)15-21(30)25-12-3-4-13-26-23-27-18-7-1-2-8-19(18)28-23/h1-2,7-8,10-11,14H,3-5,9,12-13,15H2,(H,25,30)(H2,26,27,28). The molecule has 1 aliphatic rings. The first-order chi connectivity index (χ1) is 15.1. The summed E-state index contributed by atoms with van der Waals surface area (Å²) < 4.78 is 0. The minimum Gasteiger partial charge on any atom is -0.356 e. The van der Waals surface area contributed by atoms with Gasteiger partial charge in [-0.15, -0.1) is 0 Å². The Morgan fingerprint density at radius 1 is 1.19 bits per heavy atom. The average Bonchev–Trinajstić information content (AvgIpc) is 3.11. The number of carbonyl (C=O) groups is 2. The summed E-state index contributed by atoms with van der Waals surface area (Å²) in [7, 11) is 0. The molecule has 3 N–H and O–H groups in total. The van der Waals surface area contributed by atoms with E-state index in [2.05, 4.69) is 27.0 Å². The Morgan fingerprint density at radius 2 is 2.03 bits per heavy atom. The summed E-state index contributed by atoms with van der Waals surface area (Å²) >= 11 is 6.06. The lowest BCUT2D eigenvalue weighted by molar-refractivity contribution is -0.123. The molecular weight excluding hydrogens is 414 g/mol. The van der Waals surface area contributed by atoms with Gasteiger partial charge in [0.05, 0.1) is 11.0 Å². The van der Waals surface area contributed by atoms with Crippen LogP contribution in [-0.4, -0.2) is 41.4 Å². The number of benzene rings is 2. The zero-order valence-corrected chi connectivity index (χ0v) is 17.8. The van der Waals surface area contributed by atoms with Gasteiger partial charge in [-0.05, 0) is 55.2 Å². The average molecular weight is 438 g/mol. The number of H-pyrrole nitrogens is 1. The molecule has 0 aliphatic carbocycles. The molecule has 31 heavy (non-hydrogen) atoms. The molecule has 160 valence electrons. The number of nitrogens with zero attached hydrogens (tertiary/aromatic N) is 2. The Balaban J connectivity index is 1.21. The first-order valence-electron chi connectivity index (χ1n) is 10.4. The van der Waals surface area contributed by atoms with Crippen LogP contribution in [0.3, 0.4) is 0 Å². The van der Waals surface area contributed by atoms with Gasteiger partial charge < -0.3 is 20.5 Å². The number of unbranched alkanes of at least 4 members (excludes halogenated alkanes) is 1. The Kier molecular flexibility index (Phi) is 6.72. The van der Waals surface area contributed by atoms with Crippen LogP contribution < -0.4 is 15.5 Å². The fourth-order valence-electron chi connectivity index (χ4n) is 3.55. The number of para-hydroxylation sites is 2. The molecular formula is C23H24ClN5O2. The minimum absolute atomic E-state index is 0.00756. The number of carbonyl (C=O) groups excluding carboxylic acids is 2. The van der Waals surface area contributed by atoms with Crippen LogP contribution in [0.4, 0.5) is 11.6 Å². The number of imidazole rings is 1. The molecule has 0 unspecified atom stereocenters. The van der Waals surface area contributed by atoms with Crippen LogP contribution in [-0.2, 0) is 9.59 Å². The van der Waals surface area contributed by atoms with E-state index in [1.807, 2.05) is 24.3 Å². The number of hydrogen-bond donors (Lipinski definition) is 3. The van der Waals surface area contributed by atoms with Gasteiger partial charge in [0, 0.05) is 36.6 Å². The first kappa shape index (κ1) is 21.2. The van der Waals surface area contributed by atoms with Crippen molar-refractivity contribution in [2.75, 3.05) is 29.9 Å². The number of halogens is 1. The molecule has 3 aromatic rings. The predicted molar refractivity (Wildman–Crippen MR) is 122 cm³/mol.